The zero-order valence-electron chi connectivity index (χ0n) is 42.6. The number of ether oxygens (including phenoxy) is 3. The average Bonchev–Trinajstić information content (AvgIpc) is 3.80. The van der Waals surface area contributed by atoms with E-state index >= 15 is 0 Å². The number of cyclic esters (lactones) is 1. The van der Waals surface area contributed by atoms with Gasteiger partial charge < -0.3 is 34.4 Å². The molecule has 0 aliphatic carbocycles. The van der Waals surface area contributed by atoms with Crippen molar-refractivity contribution < 1.29 is 43.3 Å². The molecular formula is C55H70N8O9. The summed E-state index contributed by atoms with van der Waals surface area (Å²) < 4.78 is 17.0. The summed E-state index contributed by atoms with van der Waals surface area (Å²) in [5.41, 5.74) is 9.31. The van der Waals surface area contributed by atoms with E-state index in [1.807, 2.05) is 44.2 Å². The molecule has 3 saturated heterocycles. The molecule has 3 N–H and O–H groups in total. The number of carbonyl (C=O) groups is 5. The van der Waals surface area contributed by atoms with Gasteiger partial charge in [0.05, 0.1) is 56.0 Å². The highest BCUT2D eigenvalue weighted by molar-refractivity contribution is 6.03. The summed E-state index contributed by atoms with van der Waals surface area (Å²) in [4.78, 5) is 85.6. The van der Waals surface area contributed by atoms with E-state index in [0.29, 0.717) is 70.6 Å². The molecule has 6 heterocycles. The van der Waals surface area contributed by atoms with Crippen LogP contribution in [0.15, 0.2) is 59.7 Å². The highest BCUT2D eigenvalue weighted by atomic mass is 16.5. The molecule has 5 atom stereocenters. The predicted molar refractivity (Wildman–Crippen MR) is 271 cm³/mol. The summed E-state index contributed by atoms with van der Waals surface area (Å²) in [6.45, 7) is 12.4. The Morgan fingerprint density at radius 2 is 1.83 bits per heavy atom. The molecule has 1 aromatic heterocycles. The Morgan fingerprint density at radius 3 is 2.61 bits per heavy atom. The van der Waals surface area contributed by atoms with Gasteiger partial charge in [0.1, 0.15) is 23.9 Å². The maximum atomic E-state index is 14.8. The van der Waals surface area contributed by atoms with Crippen molar-refractivity contribution in [1.29, 1.82) is 0 Å². The van der Waals surface area contributed by atoms with Crippen molar-refractivity contribution in [1.82, 2.24) is 35.4 Å². The summed E-state index contributed by atoms with van der Waals surface area (Å²) in [7, 11) is 3.24. The molecule has 4 amide bonds. The summed E-state index contributed by atoms with van der Waals surface area (Å²) in [5, 5.41) is 15.7. The van der Waals surface area contributed by atoms with Gasteiger partial charge >= 0.3 is 5.97 Å². The van der Waals surface area contributed by atoms with Crippen LogP contribution in [0.5, 0.6) is 5.75 Å². The number of amides is 4. The van der Waals surface area contributed by atoms with Crippen LogP contribution in [-0.4, -0.2) is 156 Å². The molecule has 6 bridgehead atoms. The first-order chi connectivity index (χ1) is 34.6. The Bertz CT molecular complexity index is 2600. The largest absolute Gasteiger partial charge is 0.508 e. The Hall–Kier alpha value is -6.19. The van der Waals surface area contributed by atoms with Crippen molar-refractivity contribution in [3.63, 3.8) is 0 Å². The minimum atomic E-state index is -1.17. The molecule has 3 aromatic rings. The fraction of sp³-hybridized carbons (Fsp3) is 0.545. The van der Waals surface area contributed by atoms with Gasteiger partial charge in [0.25, 0.3) is 11.8 Å². The Morgan fingerprint density at radius 1 is 1.03 bits per heavy atom. The predicted octanol–water partition coefficient (Wildman–Crippen LogP) is 4.76. The molecule has 3 fully saturated rings. The van der Waals surface area contributed by atoms with Crippen LogP contribution in [0.2, 0.25) is 0 Å². The lowest BCUT2D eigenvalue weighted by atomic mass is 9.77. The number of aromatic nitrogens is 1. The number of morpholine rings is 1. The molecule has 17 heteroatoms. The summed E-state index contributed by atoms with van der Waals surface area (Å²) >= 11 is 0. The Balaban J connectivity index is 1.07. The molecule has 5 aliphatic heterocycles. The second kappa shape index (κ2) is 23.1. The highest BCUT2D eigenvalue weighted by Crippen LogP contribution is 2.44. The van der Waals surface area contributed by atoms with Crippen LogP contribution in [0.4, 0.5) is 5.69 Å². The maximum Gasteiger partial charge on any atom is 0.324 e. The first kappa shape index (κ1) is 52.1. The van der Waals surface area contributed by atoms with Crippen LogP contribution in [0, 0.1) is 29.1 Å². The highest BCUT2D eigenvalue weighted by Gasteiger charge is 2.40. The van der Waals surface area contributed by atoms with Gasteiger partial charge in [0.2, 0.25) is 11.8 Å². The number of hydrogen-bond acceptors (Lipinski definition) is 13. The topological polar surface area (TPSA) is 196 Å². The molecule has 0 radical (unpaired) electrons. The number of nitrogens with one attached hydrogen (secondary N) is 2. The van der Waals surface area contributed by atoms with Crippen LogP contribution in [0.25, 0.3) is 11.1 Å². The fourth-order valence-corrected chi connectivity index (χ4v) is 10.8. The average molecular weight is 987 g/mol. The van der Waals surface area contributed by atoms with Crippen molar-refractivity contribution in [2.45, 2.75) is 103 Å². The van der Waals surface area contributed by atoms with E-state index in [1.54, 1.807) is 37.4 Å². The number of esters is 1. The van der Waals surface area contributed by atoms with E-state index in [9.17, 15) is 29.1 Å². The third-order valence-electron chi connectivity index (χ3n) is 14.5. The first-order valence-electron chi connectivity index (χ1n) is 25.4. The maximum absolute atomic E-state index is 14.8. The van der Waals surface area contributed by atoms with Crippen molar-refractivity contribution in [2.75, 3.05) is 73.2 Å². The van der Waals surface area contributed by atoms with E-state index in [-0.39, 0.29) is 55.5 Å². The monoisotopic (exact) mass is 987 g/mol. The second-order valence-corrected chi connectivity index (χ2v) is 21.0. The van der Waals surface area contributed by atoms with Crippen molar-refractivity contribution >= 4 is 41.0 Å². The van der Waals surface area contributed by atoms with E-state index in [0.717, 1.165) is 58.9 Å². The number of aliphatic imine (C=N–C) groups is 1. The SMILES string of the molecule is COCc1ncccc1C1=Nc2ccc3cc2C(CC1)CC(C)(C)COC(=O)[C@@H]1CCCN(N1)C(=O)[C@@H](NC(=O)[C@H](C(C)C)N(C)C(=O)[C@H]1CCN(C(=O)C#CCN2CCOCC2)C1)Cc1cc(O)cc-3c1. The number of likely N-dealkylation sites (tertiary alicyclic amines) is 1. The number of nitrogens with zero attached hydrogens (tertiary/aromatic N) is 6. The third kappa shape index (κ3) is 12.5. The molecule has 384 valence electrons. The second-order valence-electron chi connectivity index (χ2n) is 21.0. The standard InChI is InChI=1S/C55H70N8O9/c1-35(2)50(60(5)52(67)39-17-21-62(32-39)49(65)12-9-19-61-22-24-71-25-23-61)51(66)58-47-28-36-26-40(29-41(64)27-36)37-13-15-45-43(30-37)38(14-16-44(57-45)42-10-7-18-56-48(42)33-70-6)31-55(3,4)34-72-54(69)46-11-8-20-63(59-46)53(47)68/h7,10,13,15,18,26-27,29-30,35,38-39,46-47,50,59,64H,8,11,14,16-17,19-25,28,31-34H2,1-6H3,(H,58,66)/t38?,39-,46-,47-,50-/m0/s1. The van der Waals surface area contributed by atoms with E-state index in [4.69, 9.17) is 19.2 Å². The number of phenolic OH excluding ortho intramolecular Hbond substituents is 1. The number of hydrogen-bond donors (Lipinski definition) is 3. The summed E-state index contributed by atoms with van der Waals surface area (Å²) in [5.74, 6) is 2.72. The minimum absolute atomic E-state index is 0.0129. The van der Waals surface area contributed by atoms with Gasteiger partial charge in [-0.3, -0.25) is 43.9 Å². The molecule has 72 heavy (non-hydrogen) atoms. The number of likely N-dealkylation sites (N-methyl/N-ethyl adjacent to an activating group) is 1. The van der Waals surface area contributed by atoms with Gasteiger partial charge in [0.15, 0.2) is 0 Å². The number of fused-ring (bicyclic) bond motifs is 6. The van der Waals surface area contributed by atoms with Gasteiger partial charge in [-0.25, -0.2) is 5.43 Å². The van der Waals surface area contributed by atoms with Gasteiger partial charge in [-0.1, -0.05) is 45.7 Å². The molecule has 0 spiro atoms. The zero-order valence-corrected chi connectivity index (χ0v) is 42.6. The molecule has 1 unspecified atom stereocenters. The van der Waals surface area contributed by atoms with Crippen molar-refractivity contribution in [3.05, 3.63) is 77.1 Å². The number of benzene rings is 2. The molecule has 5 aliphatic rings. The lowest BCUT2D eigenvalue weighted by Crippen LogP contribution is -2.62. The van der Waals surface area contributed by atoms with Crippen LogP contribution in [-0.2, 0) is 51.2 Å². The molecule has 2 aromatic carbocycles. The number of pyridine rings is 1. The Kier molecular flexibility index (Phi) is 16.8. The van der Waals surface area contributed by atoms with Crippen LogP contribution in [0.3, 0.4) is 0 Å². The molecule has 17 nitrogen and oxygen atoms in total. The number of methoxy groups -OCH3 is 1. The van der Waals surface area contributed by atoms with E-state index < -0.39 is 47.2 Å². The van der Waals surface area contributed by atoms with Crippen LogP contribution < -0.4 is 10.7 Å². The lowest BCUT2D eigenvalue weighted by Gasteiger charge is -2.37. The van der Waals surface area contributed by atoms with Gasteiger partial charge in [0, 0.05) is 65.1 Å². The normalized spacial score (nSPS) is 23.1. The molecular weight excluding hydrogens is 917 g/mol. The quantitative estimate of drug-likeness (QED) is 0.197. The smallest absolute Gasteiger partial charge is 0.324 e. The first-order valence-corrected chi connectivity index (χ1v) is 25.4. The molecule has 0 saturated carbocycles. The zero-order chi connectivity index (χ0) is 51.1. The van der Waals surface area contributed by atoms with E-state index in [1.165, 1.54) is 9.91 Å². The van der Waals surface area contributed by atoms with Gasteiger partial charge in [-0.05, 0) is 120 Å². The van der Waals surface area contributed by atoms with Gasteiger partial charge in [-0.15, -0.1) is 0 Å². The number of aromatic hydroxyl groups is 1. The van der Waals surface area contributed by atoms with Crippen molar-refractivity contribution in [2.24, 2.45) is 22.2 Å². The third-order valence-corrected chi connectivity index (χ3v) is 14.5. The van der Waals surface area contributed by atoms with Gasteiger partial charge in [-0.2, -0.15) is 0 Å². The fourth-order valence-electron chi connectivity index (χ4n) is 10.8. The number of phenols is 1. The summed E-state index contributed by atoms with van der Waals surface area (Å²) in [6, 6.07) is 12.3. The number of carbonyl (C=O) groups excluding carboxylic acids is 5. The Labute approximate surface area is 423 Å². The van der Waals surface area contributed by atoms with Crippen LogP contribution >= 0.6 is 0 Å². The van der Waals surface area contributed by atoms with Crippen LogP contribution in [0.1, 0.15) is 94.5 Å². The van der Waals surface area contributed by atoms with Crippen molar-refractivity contribution in [3.8, 4) is 28.7 Å². The summed E-state index contributed by atoms with van der Waals surface area (Å²) in [6.07, 6.45) is 5.26. The molecule has 8 rings (SSSR count). The number of rotatable bonds is 9. The lowest BCUT2D eigenvalue weighted by molar-refractivity contribution is -0.155. The minimum Gasteiger partial charge on any atom is -0.508 e. The van der Waals surface area contributed by atoms with E-state index in [2.05, 4.69) is 52.4 Å². The number of hydrazine groups is 1.